The van der Waals surface area contributed by atoms with Gasteiger partial charge in [0.1, 0.15) is 12.6 Å². The van der Waals surface area contributed by atoms with Crippen LogP contribution in [-0.4, -0.2) is 18.5 Å². The molecule has 0 saturated carbocycles. The first-order valence-electron chi connectivity index (χ1n) is 4.94. The highest BCUT2D eigenvalue weighted by Gasteiger charge is 2.27. The fraction of sp³-hybridized carbons (Fsp3) is 0.364. The first-order valence-corrected chi connectivity index (χ1v) is 5.93. The topological polar surface area (TPSA) is 35.8 Å². The van der Waals surface area contributed by atoms with Crippen LogP contribution >= 0.6 is 11.8 Å². The zero-order valence-corrected chi connectivity index (χ0v) is 9.95. The first kappa shape index (κ1) is 13.7. The van der Waals surface area contributed by atoms with E-state index in [9.17, 15) is 13.2 Å². The van der Waals surface area contributed by atoms with Crippen LogP contribution in [0.25, 0.3) is 0 Å². The van der Waals surface area contributed by atoms with Crippen molar-refractivity contribution in [2.75, 3.05) is 17.6 Å². The average molecular weight is 260 g/mol. The number of benzene rings is 1. The Labute approximate surface area is 102 Å². The molecule has 0 aliphatic heterocycles. The molecular formula is C11H11F3N2S. The van der Waals surface area contributed by atoms with E-state index in [0.29, 0.717) is 4.90 Å². The predicted molar refractivity (Wildman–Crippen MR) is 62.1 cm³/mol. The van der Waals surface area contributed by atoms with Crippen LogP contribution in [-0.2, 0) is 0 Å². The summed E-state index contributed by atoms with van der Waals surface area (Å²) in [6.45, 7) is 0.781. The lowest BCUT2D eigenvalue weighted by molar-refractivity contribution is -0.115. The van der Waals surface area contributed by atoms with Gasteiger partial charge in [0.25, 0.3) is 0 Å². The van der Waals surface area contributed by atoms with Crippen molar-refractivity contribution in [1.82, 2.24) is 0 Å². The zero-order valence-electron chi connectivity index (χ0n) is 9.14. The molecule has 6 heteroatoms. The van der Waals surface area contributed by atoms with Gasteiger partial charge in [-0.2, -0.15) is 18.4 Å². The number of halogens is 3. The maximum absolute atomic E-state index is 12.1. The highest BCUT2D eigenvalue weighted by molar-refractivity contribution is 7.99. The number of rotatable bonds is 4. The van der Waals surface area contributed by atoms with Gasteiger partial charge < -0.3 is 5.32 Å². The Hall–Kier alpha value is -1.35. The molecule has 0 aromatic heterocycles. The lowest BCUT2D eigenvalue weighted by atomic mass is 10.2. The third-order valence-corrected chi connectivity index (χ3v) is 2.86. The van der Waals surface area contributed by atoms with Crippen molar-refractivity contribution >= 4 is 17.4 Å². The van der Waals surface area contributed by atoms with E-state index < -0.39 is 12.7 Å². The normalized spacial score (nSPS) is 11.0. The Morgan fingerprint density at radius 1 is 1.41 bits per heavy atom. The van der Waals surface area contributed by atoms with Gasteiger partial charge in [-0.25, -0.2) is 0 Å². The molecule has 17 heavy (non-hydrogen) atoms. The van der Waals surface area contributed by atoms with E-state index in [2.05, 4.69) is 5.32 Å². The first-order chi connectivity index (χ1) is 7.98. The van der Waals surface area contributed by atoms with Crippen LogP contribution in [0.15, 0.2) is 23.1 Å². The Morgan fingerprint density at radius 3 is 2.65 bits per heavy atom. The number of thioether (sulfide) groups is 1. The molecule has 0 unspecified atom stereocenters. The lowest BCUT2D eigenvalue weighted by Gasteiger charge is -2.12. The number of nitrogens with zero attached hydrogens (tertiary/aromatic N) is 1. The molecule has 1 aromatic carbocycles. The van der Waals surface area contributed by atoms with Crippen LogP contribution in [0, 0.1) is 11.3 Å². The van der Waals surface area contributed by atoms with Gasteiger partial charge in [0.2, 0.25) is 0 Å². The second-order valence-corrected chi connectivity index (χ2v) is 4.50. The molecule has 0 aliphatic carbocycles. The molecule has 0 bridgehead atoms. The Bertz CT molecular complexity index is 424. The summed E-state index contributed by atoms with van der Waals surface area (Å²) in [6.07, 6.45) is -4.29. The van der Waals surface area contributed by atoms with Gasteiger partial charge in [-0.1, -0.05) is 13.0 Å². The monoisotopic (exact) mass is 260 g/mol. The SMILES string of the molecule is CCSc1cccc(NCC(F)(F)F)c1C#N. The molecular weight excluding hydrogens is 249 g/mol. The minimum Gasteiger partial charge on any atom is -0.375 e. The van der Waals surface area contributed by atoms with E-state index in [-0.39, 0.29) is 11.3 Å². The Kier molecular flexibility index (Phi) is 4.70. The molecule has 0 atom stereocenters. The molecule has 2 nitrogen and oxygen atoms in total. The Balaban J connectivity index is 2.92. The van der Waals surface area contributed by atoms with Crippen molar-refractivity contribution in [1.29, 1.82) is 5.26 Å². The van der Waals surface area contributed by atoms with Gasteiger partial charge in [0.15, 0.2) is 0 Å². The van der Waals surface area contributed by atoms with Crippen LogP contribution in [0.4, 0.5) is 18.9 Å². The molecule has 1 rings (SSSR count). The van der Waals surface area contributed by atoms with Crippen LogP contribution in [0.1, 0.15) is 12.5 Å². The summed E-state index contributed by atoms with van der Waals surface area (Å²) >= 11 is 1.43. The van der Waals surface area contributed by atoms with Crippen molar-refractivity contribution in [2.45, 2.75) is 18.0 Å². The van der Waals surface area contributed by atoms with E-state index in [1.165, 1.54) is 17.8 Å². The summed E-state index contributed by atoms with van der Waals surface area (Å²) in [5, 5.41) is 11.2. The van der Waals surface area contributed by atoms with E-state index in [4.69, 9.17) is 5.26 Å². The third-order valence-electron chi connectivity index (χ3n) is 1.92. The summed E-state index contributed by atoms with van der Waals surface area (Å²) < 4.78 is 36.2. The standard InChI is InChI=1S/C11H11F3N2S/c1-2-17-10-5-3-4-9(8(10)6-15)16-7-11(12,13)14/h3-5,16H,2,7H2,1H3. The number of hydrogen-bond acceptors (Lipinski definition) is 3. The van der Waals surface area contributed by atoms with Gasteiger partial charge in [-0.15, -0.1) is 11.8 Å². The fourth-order valence-corrected chi connectivity index (χ4v) is 2.05. The lowest BCUT2D eigenvalue weighted by Crippen LogP contribution is -2.21. The van der Waals surface area contributed by atoms with Crippen LogP contribution < -0.4 is 5.32 Å². The van der Waals surface area contributed by atoms with Gasteiger partial charge in [0, 0.05) is 4.90 Å². The van der Waals surface area contributed by atoms with Gasteiger partial charge in [-0.3, -0.25) is 0 Å². The van der Waals surface area contributed by atoms with Gasteiger partial charge in [-0.05, 0) is 17.9 Å². The molecule has 0 radical (unpaired) electrons. The average Bonchev–Trinajstić information content (AvgIpc) is 2.26. The van der Waals surface area contributed by atoms with Gasteiger partial charge in [0.05, 0.1) is 11.3 Å². The molecule has 1 N–H and O–H groups in total. The maximum atomic E-state index is 12.1. The van der Waals surface area contributed by atoms with Crippen molar-refractivity contribution < 1.29 is 13.2 Å². The van der Waals surface area contributed by atoms with E-state index >= 15 is 0 Å². The molecule has 0 heterocycles. The van der Waals surface area contributed by atoms with Crippen LogP contribution in [0.5, 0.6) is 0 Å². The second kappa shape index (κ2) is 5.82. The molecule has 0 saturated heterocycles. The largest absolute Gasteiger partial charge is 0.405 e. The number of alkyl halides is 3. The number of anilines is 1. The molecule has 1 aromatic rings. The zero-order chi connectivity index (χ0) is 12.9. The molecule has 0 fully saturated rings. The molecule has 92 valence electrons. The summed E-state index contributed by atoms with van der Waals surface area (Å²) in [6, 6.07) is 6.77. The van der Waals surface area contributed by atoms with Crippen molar-refractivity contribution in [3.63, 3.8) is 0 Å². The summed E-state index contributed by atoms with van der Waals surface area (Å²) in [4.78, 5) is 0.696. The number of nitriles is 1. The molecule has 0 aliphatic rings. The highest BCUT2D eigenvalue weighted by Crippen LogP contribution is 2.28. The van der Waals surface area contributed by atoms with E-state index in [1.807, 2.05) is 13.0 Å². The van der Waals surface area contributed by atoms with Crippen molar-refractivity contribution in [3.8, 4) is 6.07 Å². The van der Waals surface area contributed by atoms with Crippen molar-refractivity contribution in [2.24, 2.45) is 0 Å². The highest BCUT2D eigenvalue weighted by atomic mass is 32.2. The van der Waals surface area contributed by atoms with E-state index in [1.54, 1.807) is 12.1 Å². The second-order valence-electron chi connectivity index (χ2n) is 3.19. The summed E-state index contributed by atoms with van der Waals surface area (Å²) in [5.74, 6) is 0.761. The molecule has 0 amide bonds. The fourth-order valence-electron chi connectivity index (χ4n) is 1.26. The van der Waals surface area contributed by atoms with Gasteiger partial charge >= 0.3 is 6.18 Å². The van der Waals surface area contributed by atoms with Crippen LogP contribution in [0.2, 0.25) is 0 Å². The maximum Gasteiger partial charge on any atom is 0.405 e. The molecule has 0 spiro atoms. The van der Waals surface area contributed by atoms with Crippen molar-refractivity contribution in [3.05, 3.63) is 23.8 Å². The Morgan fingerprint density at radius 2 is 2.12 bits per heavy atom. The summed E-state index contributed by atoms with van der Waals surface area (Å²) in [7, 11) is 0. The predicted octanol–water partition coefficient (Wildman–Crippen LogP) is 3.64. The quantitative estimate of drug-likeness (QED) is 0.839. The van der Waals surface area contributed by atoms with Crippen LogP contribution in [0.3, 0.4) is 0 Å². The van der Waals surface area contributed by atoms with E-state index in [0.717, 1.165) is 5.75 Å². The smallest absolute Gasteiger partial charge is 0.375 e. The third kappa shape index (κ3) is 4.19. The minimum absolute atomic E-state index is 0.225. The number of nitrogens with one attached hydrogen (secondary N) is 1. The summed E-state index contributed by atoms with van der Waals surface area (Å²) in [5.41, 5.74) is 0.492. The minimum atomic E-state index is -4.29. The number of hydrogen-bond donors (Lipinski definition) is 1.